The number of nitrogens with zero attached hydrogens (tertiary/aromatic N) is 2. The Morgan fingerprint density at radius 3 is 2.54 bits per heavy atom. The molecule has 1 aromatic heterocycles. The molecule has 0 aliphatic rings. The van der Waals surface area contributed by atoms with Gasteiger partial charge in [0.05, 0.1) is 0 Å². The second-order valence-corrected chi connectivity index (χ2v) is 3.36. The Morgan fingerprint density at radius 2 is 2.00 bits per heavy atom. The molecule has 5 heteroatoms. The number of hydrogen-bond acceptors (Lipinski definition) is 5. The van der Waals surface area contributed by atoms with Gasteiger partial charge in [0, 0.05) is 18.2 Å². The molecule has 0 saturated carbocycles. The van der Waals surface area contributed by atoms with Gasteiger partial charge in [-0.1, -0.05) is 11.8 Å². The molecule has 0 atom stereocenters. The fourth-order valence-electron chi connectivity index (χ4n) is 0.728. The number of anilines is 2. The molecule has 0 unspecified atom stereocenters. The van der Waals surface area contributed by atoms with E-state index in [2.05, 4.69) is 15.9 Å². The highest BCUT2D eigenvalue weighted by Crippen LogP contribution is 2.16. The van der Waals surface area contributed by atoms with Gasteiger partial charge in [0.25, 0.3) is 0 Å². The van der Waals surface area contributed by atoms with Crippen LogP contribution in [0, 0.1) is 12.3 Å². The Morgan fingerprint density at radius 1 is 1.38 bits per heavy atom. The average molecular weight is 194 g/mol. The van der Waals surface area contributed by atoms with Crippen LogP contribution in [0.15, 0.2) is 11.2 Å². The van der Waals surface area contributed by atoms with Crippen molar-refractivity contribution in [2.24, 2.45) is 0 Å². The molecule has 1 aromatic rings. The van der Waals surface area contributed by atoms with E-state index in [1.807, 2.05) is 0 Å². The quantitative estimate of drug-likeness (QED) is 0.321. The van der Waals surface area contributed by atoms with Gasteiger partial charge in [-0.05, 0) is 0 Å². The van der Waals surface area contributed by atoms with Crippen molar-refractivity contribution in [3.63, 3.8) is 0 Å². The smallest absolute Gasteiger partial charge is 0.191 e. The van der Waals surface area contributed by atoms with Gasteiger partial charge in [-0.15, -0.1) is 12.3 Å². The van der Waals surface area contributed by atoms with E-state index in [9.17, 15) is 0 Å². The van der Waals surface area contributed by atoms with E-state index in [1.54, 1.807) is 0 Å². The minimum atomic E-state index is 0.385. The van der Waals surface area contributed by atoms with Crippen molar-refractivity contribution < 1.29 is 0 Å². The highest BCUT2D eigenvalue weighted by molar-refractivity contribution is 7.99. The molecule has 0 aromatic carbocycles. The maximum atomic E-state index is 5.48. The number of aromatic nitrogens is 2. The van der Waals surface area contributed by atoms with Crippen LogP contribution in [0.2, 0.25) is 0 Å². The molecule has 68 valence electrons. The summed E-state index contributed by atoms with van der Waals surface area (Å²) >= 11 is 1.45. The van der Waals surface area contributed by atoms with Crippen LogP contribution in [-0.4, -0.2) is 15.7 Å². The van der Waals surface area contributed by atoms with Crippen molar-refractivity contribution in [2.75, 3.05) is 17.2 Å². The lowest BCUT2D eigenvalue weighted by molar-refractivity contribution is 0.983. The summed E-state index contributed by atoms with van der Waals surface area (Å²) in [5, 5.41) is 0.577. The summed E-state index contributed by atoms with van der Waals surface area (Å²) in [6.45, 7) is 0. The van der Waals surface area contributed by atoms with E-state index in [-0.39, 0.29) is 0 Å². The predicted molar refractivity (Wildman–Crippen MR) is 55.0 cm³/mol. The molecule has 0 fully saturated rings. The topological polar surface area (TPSA) is 77.8 Å². The van der Waals surface area contributed by atoms with Crippen molar-refractivity contribution in [3.05, 3.63) is 6.07 Å². The standard InChI is InChI=1S/C8H10N4S/c1-2-3-4-13-8-11-6(9)5-7(10)12-8/h1,5H,3-4H2,(H4,9,10,11,12). The fourth-order valence-corrected chi connectivity index (χ4v) is 1.47. The van der Waals surface area contributed by atoms with E-state index >= 15 is 0 Å². The van der Waals surface area contributed by atoms with Crippen LogP contribution < -0.4 is 11.5 Å². The molecule has 0 aliphatic heterocycles. The van der Waals surface area contributed by atoms with Crippen molar-refractivity contribution >= 4 is 23.4 Å². The monoisotopic (exact) mass is 194 g/mol. The summed E-state index contributed by atoms with van der Waals surface area (Å²) in [6.07, 6.45) is 5.78. The first kappa shape index (κ1) is 9.68. The number of thioether (sulfide) groups is 1. The van der Waals surface area contributed by atoms with E-state index in [0.717, 1.165) is 5.75 Å². The van der Waals surface area contributed by atoms with Crippen molar-refractivity contribution in [2.45, 2.75) is 11.6 Å². The average Bonchev–Trinajstić information content (AvgIpc) is 2.03. The minimum Gasteiger partial charge on any atom is -0.383 e. The lowest BCUT2D eigenvalue weighted by atomic mass is 10.5. The summed E-state index contributed by atoms with van der Waals surface area (Å²) in [7, 11) is 0. The van der Waals surface area contributed by atoms with Crippen LogP contribution in [0.4, 0.5) is 11.6 Å². The van der Waals surface area contributed by atoms with Gasteiger partial charge in [-0.2, -0.15) is 0 Å². The van der Waals surface area contributed by atoms with Gasteiger partial charge in [-0.3, -0.25) is 0 Å². The molecule has 1 rings (SSSR count). The largest absolute Gasteiger partial charge is 0.383 e. The number of terminal acetylenes is 1. The lowest BCUT2D eigenvalue weighted by Crippen LogP contribution is -1.99. The van der Waals surface area contributed by atoms with Crippen molar-refractivity contribution in [1.29, 1.82) is 0 Å². The summed E-state index contributed by atoms with van der Waals surface area (Å²) in [5.74, 6) is 4.08. The van der Waals surface area contributed by atoms with Crippen LogP contribution >= 0.6 is 11.8 Å². The zero-order chi connectivity index (χ0) is 9.68. The van der Waals surface area contributed by atoms with Crippen LogP contribution in [0.3, 0.4) is 0 Å². The number of hydrogen-bond donors (Lipinski definition) is 2. The zero-order valence-corrected chi connectivity index (χ0v) is 7.84. The van der Waals surface area contributed by atoms with Gasteiger partial charge < -0.3 is 11.5 Å². The van der Waals surface area contributed by atoms with Crippen LogP contribution in [0.1, 0.15) is 6.42 Å². The number of rotatable bonds is 3. The summed E-state index contributed by atoms with van der Waals surface area (Å²) in [4.78, 5) is 7.97. The predicted octanol–water partition coefficient (Wildman–Crippen LogP) is 0.756. The highest BCUT2D eigenvalue weighted by atomic mass is 32.2. The van der Waals surface area contributed by atoms with Crippen molar-refractivity contribution in [3.8, 4) is 12.3 Å². The molecule has 4 nitrogen and oxygen atoms in total. The third kappa shape index (κ3) is 3.22. The second kappa shape index (κ2) is 4.58. The van der Waals surface area contributed by atoms with Crippen molar-refractivity contribution in [1.82, 2.24) is 9.97 Å². The Balaban J connectivity index is 2.62. The van der Waals surface area contributed by atoms with Gasteiger partial charge in [0.1, 0.15) is 11.6 Å². The van der Waals surface area contributed by atoms with Crippen LogP contribution in [0.5, 0.6) is 0 Å². The fraction of sp³-hybridized carbons (Fsp3) is 0.250. The van der Waals surface area contributed by atoms with E-state index in [0.29, 0.717) is 23.2 Å². The van der Waals surface area contributed by atoms with Crippen LogP contribution in [0.25, 0.3) is 0 Å². The van der Waals surface area contributed by atoms with Gasteiger partial charge in [0.15, 0.2) is 5.16 Å². The van der Waals surface area contributed by atoms with E-state index < -0.39 is 0 Å². The maximum absolute atomic E-state index is 5.48. The Labute approximate surface area is 81.1 Å². The van der Waals surface area contributed by atoms with Gasteiger partial charge >= 0.3 is 0 Å². The zero-order valence-electron chi connectivity index (χ0n) is 7.03. The lowest BCUT2D eigenvalue weighted by Gasteiger charge is -2.00. The molecule has 0 spiro atoms. The van der Waals surface area contributed by atoms with Gasteiger partial charge in [-0.25, -0.2) is 9.97 Å². The number of nitrogens with two attached hydrogens (primary N) is 2. The van der Waals surface area contributed by atoms with Gasteiger partial charge in [0.2, 0.25) is 0 Å². The first-order valence-corrected chi connectivity index (χ1v) is 4.67. The molecule has 4 N–H and O–H groups in total. The third-order valence-corrected chi connectivity index (χ3v) is 2.07. The van der Waals surface area contributed by atoms with E-state index in [1.165, 1.54) is 17.8 Å². The molecular formula is C8H10N4S. The Bertz CT molecular complexity index is 311. The maximum Gasteiger partial charge on any atom is 0.191 e. The summed E-state index contributed by atoms with van der Waals surface area (Å²) in [5.41, 5.74) is 11.0. The first-order chi connectivity index (χ1) is 6.22. The van der Waals surface area contributed by atoms with E-state index in [4.69, 9.17) is 17.9 Å². The first-order valence-electron chi connectivity index (χ1n) is 3.68. The Kier molecular flexibility index (Phi) is 3.41. The Hall–Kier alpha value is -1.41. The molecule has 13 heavy (non-hydrogen) atoms. The highest BCUT2D eigenvalue weighted by Gasteiger charge is 1.99. The number of nitrogen functional groups attached to an aromatic ring is 2. The SMILES string of the molecule is C#CCCSc1nc(N)cc(N)n1. The second-order valence-electron chi connectivity index (χ2n) is 2.30. The summed E-state index contributed by atoms with van der Waals surface area (Å²) in [6, 6.07) is 1.52. The molecule has 0 saturated heterocycles. The minimum absolute atomic E-state index is 0.385. The third-order valence-electron chi connectivity index (χ3n) is 1.22. The summed E-state index contributed by atoms with van der Waals surface area (Å²) < 4.78 is 0. The molecule has 0 bridgehead atoms. The van der Waals surface area contributed by atoms with Crippen LogP contribution in [-0.2, 0) is 0 Å². The molecular weight excluding hydrogens is 184 g/mol. The molecule has 0 radical (unpaired) electrons. The molecule has 1 heterocycles. The normalized spacial score (nSPS) is 9.46. The molecule has 0 amide bonds. The molecule has 0 aliphatic carbocycles.